The fourth-order valence-corrected chi connectivity index (χ4v) is 2.35. The van der Waals surface area contributed by atoms with Crippen molar-refractivity contribution in [2.45, 2.75) is 13.8 Å². The highest BCUT2D eigenvalue weighted by Gasteiger charge is 2.16. The van der Waals surface area contributed by atoms with Gasteiger partial charge in [-0.2, -0.15) is 0 Å². The lowest BCUT2D eigenvalue weighted by atomic mass is 10.2. The van der Waals surface area contributed by atoms with Crippen molar-refractivity contribution in [3.8, 4) is 17.1 Å². The maximum atomic E-state index is 11.1. The van der Waals surface area contributed by atoms with Gasteiger partial charge in [0.15, 0.2) is 5.75 Å². The number of carboxylic acid groups (broad SMARTS) is 1. The Morgan fingerprint density at radius 2 is 2.09 bits per heavy atom. The molecular formula is C17H17N3O3. The van der Waals surface area contributed by atoms with E-state index < -0.39 is 6.09 Å². The van der Waals surface area contributed by atoms with Crippen LogP contribution in [0.25, 0.3) is 22.4 Å². The minimum absolute atomic E-state index is 0.225. The summed E-state index contributed by atoms with van der Waals surface area (Å²) in [5.41, 5.74) is 3.63. The summed E-state index contributed by atoms with van der Waals surface area (Å²) in [5, 5.41) is 10.00. The summed E-state index contributed by atoms with van der Waals surface area (Å²) in [4.78, 5) is 24.5. The maximum Gasteiger partial charge on any atom is 0.440 e. The van der Waals surface area contributed by atoms with Crippen LogP contribution in [0.4, 0.5) is 4.79 Å². The highest BCUT2D eigenvalue weighted by atomic mass is 16.7. The molecule has 0 saturated heterocycles. The van der Waals surface area contributed by atoms with E-state index in [0.717, 1.165) is 21.7 Å². The van der Waals surface area contributed by atoms with Crippen molar-refractivity contribution >= 4 is 17.1 Å². The third-order valence-corrected chi connectivity index (χ3v) is 3.49. The number of rotatable bonds is 4. The first kappa shape index (κ1) is 14.9. The van der Waals surface area contributed by atoms with Gasteiger partial charge in [-0.05, 0) is 43.7 Å². The van der Waals surface area contributed by atoms with Crippen LogP contribution in [0.2, 0.25) is 0 Å². The van der Waals surface area contributed by atoms with E-state index in [9.17, 15) is 4.79 Å². The van der Waals surface area contributed by atoms with Crippen LogP contribution in [0.5, 0.6) is 5.75 Å². The smallest absolute Gasteiger partial charge is 0.440 e. The number of nitrogens with zero attached hydrogens (tertiary/aromatic N) is 2. The van der Waals surface area contributed by atoms with Gasteiger partial charge in [-0.25, -0.2) is 9.78 Å². The van der Waals surface area contributed by atoms with Crippen molar-refractivity contribution in [3.05, 3.63) is 48.0 Å². The van der Waals surface area contributed by atoms with Gasteiger partial charge in [0, 0.05) is 0 Å². The number of aryl methyl sites for hydroxylation is 1. The Hall–Kier alpha value is -3.02. The summed E-state index contributed by atoms with van der Waals surface area (Å²) >= 11 is 0. The first-order valence-corrected chi connectivity index (χ1v) is 7.32. The van der Waals surface area contributed by atoms with E-state index >= 15 is 0 Å². The van der Waals surface area contributed by atoms with Gasteiger partial charge in [0.1, 0.15) is 5.82 Å². The first-order chi connectivity index (χ1) is 11.1. The normalized spacial score (nSPS) is 10.7. The molecule has 0 atom stereocenters. The SMILES string of the molecule is CCN(Oc1ccccc1-c1nc2ccc(C)cc2[nH]1)C(=O)O. The molecule has 1 amide bonds. The highest BCUT2D eigenvalue weighted by Crippen LogP contribution is 2.30. The lowest BCUT2D eigenvalue weighted by molar-refractivity contribution is -0.0310. The van der Waals surface area contributed by atoms with Crippen LogP contribution in [-0.4, -0.2) is 32.8 Å². The molecule has 1 aromatic heterocycles. The zero-order chi connectivity index (χ0) is 16.4. The van der Waals surface area contributed by atoms with E-state index in [4.69, 9.17) is 9.94 Å². The molecule has 0 saturated carbocycles. The largest absolute Gasteiger partial charge is 0.463 e. The molecule has 3 aromatic rings. The standard InChI is InChI=1S/C17H17N3O3/c1-3-20(17(21)22)23-15-7-5-4-6-12(15)16-18-13-9-8-11(2)10-14(13)19-16/h4-10H,3H2,1-2H3,(H,18,19)(H,21,22). The van der Waals surface area contributed by atoms with Gasteiger partial charge in [-0.3, -0.25) is 0 Å². The summed E-state index contributed by atoms with van der Waals surface area (Å²) < 4.78 is 0. The second kappa shape index (κ2) is 6.00. The van der Waals surface area contributed by atoms with Crippen LogP contribution in [0.1, 0.15) is 12.5 Å². The summed E-state index contributed by atoms with van der Waals surface area (Å²) in [6.45, 7) is 3.95. The second-order valence-electron chi connectivity index (χ2n) is 5.17. The van der Waals surface area contributed by atoms with Crippen LogP contribution >= 0.6 is 0 Å². The number of hydrogen-bond donors (Lipinski definition) is 2. The zero-order valence-corrected chi connectivity index (χ0v) is 12.9. The van der Waals surface area contributed by atoms with Crippen molar-refractivity contribution < 1.29 is 14.7 Å². The minimum atomic E-state index is -1.14. The number of aromatic nitrogens is 2. The number of hydrogen-bond acceptors (Lipinski definition) is 3. The topological polar surface area (TPSA) is 78.5 Å². The van der Waals surface area contributed by atoms with Crippen LogP contribution in [0, 0.1) is 6.92 Å². The molecule has 0 aliphatic carbocycles. The van der Waals surface area contributed by atoms with Crippen molar-refractivity contribution in [2.75, 3.05) is 6.54 Å². The summed E-state index contributed by atoms with van der Waals surface area (Å²) in [7, 11) is 0. The Bertz CT molecular complexity index is 857. The van der Waals surface area contributed by atoms with E-state index in [-0.39, 0.29) is 6.54 Å². The molecule has 23 heavy (non-hydrogen) atoms. The molecule has 0 fully saturated rings. The predicted octanol–water partition coefficient (Wildman–Crippen LogP) is 3.83. The molecule has 6 nitrogen and oxygen atoms in total. The molecule has 0 aliphatic heterocycles. The van der Waals surface area contributed by atoms with E-state index in [2.05, 4.69) is 9.97 Å². The lowest BCUT2D eigenvalue weighted by Gasteiger charge is -2.18. The zero-order valence-electron chi connectivity index (χ0n) is 12.9. The second-order valence-corrected chi connectivity index (χ2v) is 5.17. The number of H-pyrrole nitrogens is 1. The third-order valence-electron chi connectivity index (χ3n) is 3.49. The van der Waals surface area contributed by atoms with Gasteiger partial charge in [-0.15, -0.1) is 5.06 Å². The first-order valence-electron chi connectivity index (χ1n) is 7.32. The van der Waals surface area contributed by atoms with Crippen molar-refractivity contribution in [2.24, 2.45) is 0 Å². The van der Waals surface area contributed by atoms with Crippen molar-refractivity contribution in [3.63, 3.8) is 0 Å². The summed E-state index contributed by atoms with van der Waals surface area (Å²) in [6.07, 6.45) is -1.14. The number of fused-ring (bicyclic) bond motifs is 1. The number of imidazole rings is 1. The van der Waals surface area contributed by atoms with Crippen LogP contribution in [0.3, 0.4) is 0 Å². The molecule has 0 aliphatic rings. The number of para-hydroxylation sites is 1. The van der Waals surface area contributed by atoms with Crippen LogP contribution in [0.15, 0.2) is 42.5 Å². The lowest BCUT2D eigenvalue weighted by Crippen LogP contribution is -2.32. The van der Waals surface area contributed by atoms with E-state index in [1.54, 1.807) is 19.1 Å². The molecule has 0 spiro atoms. The van der Waals surface area contributed by atoms with Crippen LogP contribution in [-0.2, 0) is 0 Å². The van der Waals surface area contributed by atoms with Crippen molar-refractivity contribution in [1.82, 2.24) is 15.0 Å². The van der Waals surface area contributed by atoms with Crippen molar-refractivity contribution in [1.29, 1.82) is 0 Å². The minimum Gasteiger partial charge on any atom is -0.463 e. The average molecular weight is 311 g/mol. The molecule has 0 radical (unpaired) electrons. The number of carbonyl (C=O) groups is 1. The van der Waals surface area contributed by atoms with E-state index in [0.29, 0.717) is 17.1 Å². The number of hydroxylamine groups is 2. The Morgan fingerprint density at radius 3 is 2.83 bits per heavy atom. The summed E-state index contributed by atoms with van der Waals surface area (Å²) in [5.74, 6) is 1.08. The van der Waals surface area contributed by atoms with E-state index in [1.807, 2.05) is 37.3 Å². The number of amides is 1. The number of nitrogens with one attached hydrogen (secondary N) is 1. The molecule has 6 heteroatoms. The Labute approximate surface area is 133 Å². The molecule has 118 valence electrons. The molecule has 0 unspecified atom stereocenters. The van der Waals surface area contributed by atoms with Gasteiger partial charge < -0.3 is 14.9 Å². The predicted molar refractivity (Wildman–Crippen MR) is 87.3 cm³/mol. The maximum absolute atomic E-state index is 11.1. The average Bonchev–Trinajstić information content (AvgIpc) is 2.95. The molecule has 1 heterocycles. The highest BCUT2D eigenvalue weighted by molar-refractivity contribution is 5.81. The van der Waals surface area contributed by atoms with Gasteiger partial charge in [0.2, 0.25) is 0 Å². The Balaban J connectivity index is 2.03. The summed E-state index contributed by atoms with van der Waals surface area (Å²) in [6, 6.07) is 13.2. The molecule has 2 N–H and O–H groups in total. The van der Waals surface area contributed by atoms with E-state index in [1.165, 1.54) is 0 Å². The fourth-order valence-electron chi connectivity index (χ4n) is 2.35. The van der Waals surface area contributed by atoms with Gasteiger partial charge in [0.05, 0.1) is 23.1 Å². The fraction of sp³-hybridized carbons (Fsp3) is 0.176. The number of benzene rings is 2. The quantitative estimate of drug-likeness (QED) is 0.718. The van der Waals surface area contributed by atoms with Crippen LogP contribution < -0.4 is 4.84 Å². The molecular weight excluding hydrogens is 294 g/mol. The third kappa shape index (κ3) is 2.96. The van der Waals surface area contributed by atoms with Gasteiger partial charge in [0.25, 0.3) is 0 Å². The Kier molecular flexibility index (Phi) is 3.89. The van der Waals surface area contributed by atoms with Gasteiger partial charge >= 0.3 is 6.09 Å². The number of aromatic amines is 1. The molecule has 0 bridgehead atoms. The molecule has 3 rings (SSSR count). The molecule has 2 aromatic carbocycles. The van der Waals surface area contributed by atoms with Gasteiger partial charge in [-0.1, -0.05) is 18.2 Å². The monoisotopic (exact) mass is 311 g/mol. The Morgan fingerprint density at radius 1 is 1.30 bits per heavy atom.